The third-order valence-electron chi connectivity index (χ3n) is 4.61. The van der Waals surface area contributed by atoms with Crippen molar-refractivity contribution >= 4 is 188 Å². The Morgan fingerprint density at radius 3 is 0.905 bits per heavy atom. The average molecular weight is 844 g/mol. The van der Waals surface area contributed by atoms with Crippen molar-refractivity contribution in [3.05, 3.63) is 122 Å². The molecule has 16 heteroatoms. The summed E-state index contributed by atoms with van der Waals surface area (Å²) in [5, 5.41) is 19.8. The van der Waals surface area contributed by atoms with Crippen molar-refractivity contribution in [3.8, 4) is 0 Å². The second-order valence-corrected chi connectivity index (χ2v) is 26.5. The van der Waals surface area contributed by atoms with Gasteiger partial charge in [-0.25, -0.2) is 0 Å². The predicted octanol–water partition coefficient (Wildman–Crippen LogP) is 15.9. The van der Waals surface area contributed by atoms with E-state index in [1.165, 1.54) is 42.4 Å². The molecule has 0 aromatic heterocycles. The first-order chi connectivity index (χ1) is 20.7. The van der Waals surface area contributed by atoms with Gasteiger partial charge in [-0.15, -0.1) is 47.0 Å². The summed E-state index contributed by atoms with van der Waals surface area (Å²) in [5.74, 6) is 0. The molecule has 0 saturated heterocycles. The maximum atomic E-state index is 2.30. The first kappa shape index (κ1) is 34.3. The summed E-state index contributed by atoms with van der Waals surface area (Å²) in [4.78, 5) is 0. The lowest BCUT2D eigenvalue weighted by Gasteiger charge is -2.02. The van der Waals surface area contributed by atoms with E-state index in [1.807, 2.05) is 141 Å². The molecule has 0 unspecified atom stereocenters. The van der Waals surface area contributed by atoms with Gasteiger partial charge in [0.05, 0.1) is 16.9 Å². The smallest absolute Gasteiger partial charge is 0.0530 e. The van der Waals surface area contributed by atoms with E-state index in [0.717, 1.165) is 10.2 Å². The van der Waals surface area contributed by atoms with Crippen LogP contribution in [0.25, 0.3) is 0 Å². The van der Waals surface area contributed by atoms with Crippen LogP contribution in [0.1, 0.15) is 0 Å². The van der Waals surface area contributed by atoms with Gasteiger partial charge >= 0.3 is 0 Å². The highest BCUT2D eigenvalue weighted by molar-refractivity contribution is 8.41. The van der Waals surface area contributed by atoms with E-state index in [1.54, 1.807) is 47.0 Å². The van der Waals surface area contributed by atoms with E-state index >= 15 is 0 Å². The largest absolute Gasteiger partial charge is 0.107 e. The summed E-state index contributed by atoms with van der Waals surface area (Å²) in [6.45, 7) is 0. The molecule has 6 rings (SSSR count). The van der Waals surface area contributed by atoms with Crippen molar-refractivity contribution in [2.75, 3.05) is 10.2 Å². The molecule has 0 aromatic rings. The number of hydrogen-bond donors (Lipinski definition) is 0. The molecule has 0 fully saturated rings. The van der Waals surface area contributed by atoms with Crippen LogP contribution in [0.3, 0.4) is 0 Å². The lowest BCUT2D eigenvalue weighted by Crippen LogP contribution is -1.71. The standard InChI is InChI=1S/C26H18S16/c1(17-27-7-8-28-17)3-19-31-11-23(39-19)35-15-37-25-13-33-21(41-25)5-6-22-34-14-26(42-22)38-16-36-24-12-32-20(40-24)4-2-18-29-9-10-30-18/h1-14H,15-16H2. The molecule has 0 nitrogen and oxygen atoms in total. The Morgan fingerprint density at radius 2 is 0.619 bits per heavy atom. The molecule has 6 heterocycles. The van der Waals surface area contributed by atoms with Crippen LogP contribution in [0.2, 0.25) is 0 Å². The Kier molecular flexibility index (Phi) is 15.4. The molecule has 42 heavy (non-hydrogen) atoms. The average Bonchev–Trinajstić information content (AvgIpc) is 3.83. The SMILES string of the molecule is C1=CSC(=CC=C2SC=C(SCSC3=CSC(=CC=C4SC=C(SCSC5=CSC(=CC=C6SC=CS6)S5)S4)S3)S2)S1. The van der Waals surface area contributed by atoms with Crippen LogP contribution in [-0.4, -0.2) is 10.2 Å². The third-order valence-corrected chi connectivity index (χ3v) is 23.4. The normalized spacial score (nSPS) is 25.5. The van der Waals surface area contributed by atoms with Gasteiger partial charge in [0.25, 0.3) is 0 Å². The minimum atomic E-state index is 1.05. The Bertz CT molecular complexity index is 1300. The Balaban J connectivity index is 0.838. The molecule has 0 radical (unpaired) electrons. The third kappa shape index (κ3) is 11.6. The lowest BCUT2D eigenvalue weighted by atomic mass is 10.6. The van der Waals surface area contributed by atoms with Gasteiger partial charge < -0.3 is 0 Å². The van der Waals surface area contributed by atoms with Crippen LogP contribution in [0.4, 0.5) is 0 Å². The molecule has 218 valence electrons. The summed E-state index contributed by atoms with van der Waals surface area (Å²) >= 11 is 29.9. The highest BCUT2D eigenvalue weighted by atomic mass is 32.3. The summed E-state index contributed by atoms with van der Waals surface area (Å²) in [7, 11) is 0. The Labute approximate surface area is 316 Å². The molecular formula is C26H18S16. The van der Waals surface area contributed by atoms with Crippen molar-refractivity contribution in [1.29, 1.82) is 0 Å². The van der Waals surface area contributed by atoms with Gasteiger partial charge in [0, 0.05) is 35.6 Å². The maximum absolute atomic E-state index is 2.30. The fraction of sp³-hybridized carbons (Fsp3) is 0.0769. The highest BCUT2D eigenvalue weighted by Crippen LogP contribution is 2.55. The van der Waals surface area contributed by atoms with E-state index in [-0.39, 0.29) is 0 Å². The highest BCUT2D eigenvalue weighted by Gasteiger charge is 2.18. The zero-order valence-electron chi connectivity index (χ0n) is 21.0. The van der Waals surface area contributed by atoms with Crippen LogP contribution in [0, 0.1) is 0 Å². The number of hydrogen-bond acceptors (Lipinski definition) is 16. The zero-order chi connectivity index (χ0) is 28.4. The fourth-order valence-electron chi connectivity index (χ4n) is 2.85. The summed E-state index contributed by atoms with van der Waals surface area (Å²) in [5.41, 5.74) is 0. The van der Waals surface area contributed by atoms with E-state index in [2.05, 4.69) is 79.7 Å². The van der Waals surface area contributed by atoms with Crippen molar-refractivity contribution < 1.29 is 0 Å². The molecular weight excluding hydrogens is 825 g/mol. The van der Waals surface area contributed by atoms with Crippen LogP contribution in [-0.2, 0) is 0 Å². The van der Waals surface area contributed by atoms with Crippen molar-refractivity contribution in [1.82, 2.24) is 0 Å². The van der Waals surface area contributed by atoms with Gasteiger partial charge in [-0.2, -0.15) is 0 Å². The summed E-state index contributed by atoms with van der Waals surface area (Å²) in [6.07, 6.45) is 13.5. The van der Waals surface area contributed by atoms with Crippen LogP contribution in [0.15, 0.2) is 122 Å². The lowest BCUT2D eigenvalue weighted by molar-refractivity contribution is 2.05. The molecule has 0 aliphatic carbocycles. The number of allylic oxidation sites excluding steroid dienone is 6. The van der Waals surface area contributed by atoms with Gasteiger partial charge in [0.1, 0.15) is 0 Å². The molecule has 6 aliphatic heterocycles. The van der Waals surface area contributed by atoms with Gasteiger partial charge in [-0.3, -0.25) is 0 Å². The van der Waals surface area contributed by atoms with Crippen molar-refractivity contribution in [2.45, 2.75) is 0 Å². The minimum Gasteiger partial charge on any atom is -0.107 e. The molecule has 0 bridgehead atoms. The fourth-order valence-corrected chi connectivity index (χ4v) is 20.9. The summed E-state index contributed by atoms with van der Waals surface area (Å²) in [6, 6.07) is 0. The molecule has 0 aromatic carbocycles. The van der Waals surface area contributed by atoms with E-state index in [0.29, 0.717) is 0 Å². The molecule has 6 aliphatic rings. The van der Waals surface area contributed by atoms with Crippen molar-refractivity contribution in [3.63, 3.8) is 0 Å². The van der Waals surface area contributed by atoms with Gasteiger partial charge in [0.2, 0.25) is 0 Å². The summed E-state index contributed by atoms with van der Waals surface area (Å²) < 4.78 is 13.7. The van der Waals surface area contributed by atoms with E-state index < -0.39 is 0 Å². The molecule has 0 spiro atoms. The van der Waals surface area contributed by atoms with Crippen molar-refractivity contribution in [2.24, 2.45) is 0 Å². The van der Waals surface area contributed by atoms with Crippen LogP contribution in [0.5, 0.6) is 0 Å². The first-order valence-electron chi connectivity index (χ1n) is 11.7. The quantitative estimate of drug-likeness (QED) is 0.181. The molecule has 0 atom stereocenters. The number of rotatable bonds is 11. The second kappa shape index (κ2) is 18.9. The van der Waals surface area contributed by atoms with E-state index in [9.17, 15) is 0 Å². The van der Waals surface area contributed by atoms with Crippen LogP contribution >= 0.6 is 188 Å². The Morgan fingerprint density at radius 1 is 0.357 bits per heavy atom. The van der Waals surface area contributed by atoms with E-state index in [4.69, 9.17) is 0 Å². The first-order valence-corrected chi connectivity index (χ1v) is 25.9. The topological polar surface area (TPSA) is 0 Å². The second-order valence-electron chi connectivity index (χ2n) is 7.37. The van der Waals surface area contributed by atoms with Gasteiger partial charge in [0.15, 0.2) is 0 Å². The van der Waals surface area contributed by atoms with Crippen LogP contribution < -0.4 is 0 Å². The molecule has 0 saturated carbocycles. The number of thioether (sulfide) groups is 16. The maximum Gasteiger partial charge on any atom is 0.0530 e. The monoisotopic (exact) mass is 842 g/mol. The zero-order valence-corrected chi connectivity index (χ0v) is 34.1. The van der Waals surface area contributed by atoms with Gasteiger partial charge in [-0.1, -0.05) is 141 Å². The minimum absolute atomic E-state index is 1.05. The molecule has 0 N–H and O–H groups in total. The molecule has 0 amide bonds. The predicted molar refractivity (Wildman–Crippen MR) is 230 cm³/mol. The van der Waals surface area contributed by atoms with Gasteiger partial charge in [-0.05, 0) is 79.7 Å². The Hall–Kier alpha value is 2.48.